The van der Waals surface area contributed by atoms with Gasteiger partial charge in [0.25, 0.3) is 0 Å². The molecule has 4 nitrogen and oxygen atoms in total. The summed E-state index contributed by atoms with van der Waals surface area (Å²) in [6, 6.07) is 13.3. The van der Waals surface area contributed by atoms with E-state index in [1.54, 1.807) is 18.2 Å². The molecule has 2 aromatic carbocycles. The molecule has 1 N–H and O–H groups in total. The van der Waals surface area contributed by atoms with Crippen molar-refractivity contribution in [3.63, 3.8) is 0 Å². The van der Waals surface area contributed by atoms with E-state index in [1.165, 1.54) is 11.1 Å². The Bertz CT molecular complexity index is 884. The monoisotopic (exact) mass is 388 g/mol. The molecule has 1 saturated carbocycles. The lowest BCUT2D eigenvalue weighted by atomic mass is 9.99. The summed E-state index contributed by atoms with van der Waals surface area (Å²) in [6.45, 7) is 1.33. The number of anilines is 1. The third-order valence-electron chi connectivity index (χ3n) is 5.10. The number of fused-ring (bicyclic) bond motifs is 1. The Balaban J connectivity index is 1.38. The van der Waals surface area contributed by atoms with Gasteiger partial charge in [-0.05, 0) is 36.1 Å². The van der Waals surface area contributed by atoms with Gasteiger partial charge in [0.05, 0.1) is 27.6 Å². The summed E-state index contributed by atoms with van der Waals surface area (Å²) < 4.78 is 0. The molecule has 0 saturated heterocycles. The van der Waals surface area contributed by atoms with Crippen LogP contribution >= 0.6 is 23.2 Å². The molecule has 1 fully saturated rings. The molecular formula is C20H18Cl2N2O2. The van der Waals surface area contributed by atoms with Gasteiger partial charge in [-0.3, -0.25) is 9.59 Å². The Morgan fingerprint density at radius 3 is 2.58 bits per heavy atom. The van der Waals surface area contributed by atoms with E-state index in [2.05, 4.69) is 17.4 Å². The standard InChI is InChI=1S/C20H18Cl2N2O2/c21-16-6-3-7-17(18(16)22)23-19(25)14-10-15(14)20(26)24-9-8-12-4-1-2-5-13(12)11-24/h1-7,14-15H,8-11H2,(H,23,25). The summed E-state index contributed by atoms with van der Waals surface area (Å²) in [5.74, 6) is -0.644. The molecule has 2 atom stereocenters. The number of carbonyl (C=O) groups excluding carboxylic acids is 2. The minimum Gasteiger partial charge on any atom is -0.338 e. The third kappa shape index (κ3) is 3.31. The Hall–Kier alpha value is -2.04. The molecule has 2 amide bonds. The minimum absolute atomic E-state index is 0.0665. The van der Waals surface area contributed by atoms with Crippen molar-refractivity contribution in [3.8, 4) is 0 Å². The van der Waals surface area contributed by atoms with Gasteiger partial charge in [0.15, 0.2) is 0 Å². The zero-order valence-electron chi connectivity index (χ0n) is 14.0. The molecule has 2 aliphatic rings. The number of nitrogens with one attached hydrogen (secondary N) is 1. The fourth-order valence-corrected chi connectivity index (χ4v) is 3.85. The Labute approximate surface area is 162 Å². The number of amides is 2. The van der Waals surface area contributed by atoms with Gasteiger partial charge in [0, 0.05) is 13.1 Å². The normalized spacial score (nSPS) is 21.1. The second kappa shape index (κ2) is 6.93. The number of hydrogen-bond acceptors (Lipinski definition) is 2. The van der Waals surface area contributed by atoms with Crippen LogP contribution in [0.4, 0.5) is 5.69 Å². The summed E-state index contributed by atoms with van der Waals surface area (Å²) in [4.78, 5) is 27.1. The minimum atomic E-state index is -0.297. The lowest BCUT2D eigenvalue weighted by Gasteiger charge is -2.29. The van der Waals surface area contributed by atoms with Crippen molar-refractivity contribution in [3.05, 3.63) is 63.6 Å². The van der Waals surface area contributed by atoms with E-state index in [0.717, 1.165) is 6.42 Å². The number of nitrogens with zero attached hydrogens (tertiary/aromatic N) is 1. The summed E-state index contributed by atoms with van der Waals surface area (Å²) in [7, 11) is 0. The number of carbonyl (C=O) groups is 2. The second-order valence-electron chi connectivity index (χ2n) is 6.82. The highest BCUT2D eigenvalue weighted by Crippen LogP contribution is 2.42. The average Bonchev–Trinajstić information content (AvgIpc) is 3.45. The van der Waals surface area contributed by atoms with Crippen LogP contribution < -0.4 is 5.32 Å². The van der Waals surface area contributed by atoms with Crippen LogP contribution in [0.25, 0.3) is 0 Å². The van der Waals surface area contributed by atoms with Crippen LogP contribution in [-0.2, 0) is 22.6 Å². The zero-order valence-corrected chi connectivity index (χ0v) is 15.6. The Kier molecular flexibility index (Phi) is 4.63. The van der Waals surface area contributed by atoms with E-state index in [1.807, 2.05) is 17.0 Å². The van der Waals surface area contributed by atoms with Gasteiger partial charge in [0.2, 0.25) is 11.8 Å². The molecule has 26 heavy (non-hydrogen) atoms. The quantitative estimate of drug-likeness (QED) is 0.858. The molecule has 0 bridgehead atoms. The van der Waals surface area contributed by atoms with Gasteiger partial charge >= 0.3 is 0 Å². The van der Waals surface area contributed by atoms with Crippen LogP contribution in [0.2, 0.25) is 10.0 Å². The largest absolute Gasteiger partial charge is 0.338 e. The van der Waals surface area contributed by atoms with Gasteiger partial charge in [-0.15, -0.1) is 0 Å². The molecule has 0 aromatic heterocycles. The molecule has 4 rings (SSSR count). The van der Waals surface area contributed by atoms with Crippen molar-refractivity contribution < 1.29 is 9.59 Å². The van der Waals surface area contributed by atoms with Crippen molar-refractivity contribution in [2.45, 2.75) is 19.4 Å². The predicted octanol–water partition coefficient (Wildman–Crippen LogP) is 4.15. The molecular weight excluding hydrogens is 371 g/mol. The van der Waals surface area contributed by atoms with Crippen LogP contribution in [0.1, 0.15) is 17.5 Å². The van der Waals surface area contributed by atoms with Gasteiger partial charge in [0.1, 0.15) is 0 Å². The first-order valence-corrected chi connectivity index (χ1v) is 9.40. The molecule has 6 heteroatoms. The number of rotatable bonds is 3. The van der Waals surface area contributed by atoms with E-state index in [0.29, 0.717) is 35.2 Å². The third-order valence-corrected chi connectivity index (χ3v) is 5.92. The highest BCUT2D eigenvalue weighted by atomic mass is 35.5. The van der Waals surface area contributed by atoms with Gasteiger partial charge in [-0.1, -0.05) is 53.5 Å². The van der Waals surface area contributed by atoms with Crippen molar-refractivity contribution in [1.82, 2.24) is 4.90 Å². The molecule has 134 valence electrons. The average molecular weight is 389 g/mol. The molecule has 2 aromatic rings. The summed E-state index contributed by atoms with van der Waals surface area (Å²) in [5.41, 5.74) is 2.98. The molecule has 0 radical (unpaired) electrons. The van der Waals surface area contributed by atoms with Crippen molar-refractivity contribution >= 4 is 40.7 Å². The molecule has 1 heterocycles. The molecule has 0 spiro atoms. The van der Waals surface area contributed by atoms with Crippen LogP contribution in [0, 0.1) is 11.8 Å². The Morgan fingerprint density at radius 1 is 1.00 bits per heavy atom. The first kappa shape index (κ1) is 17.4. The highest BCUT2D eigenvalue weighted by molar-refractivity contribution is 6.44. The maximum absolute atomic E-state index is 12.8. The van der Waals surface area contributed by atoms with Gasteiger partial charge < -0.3 is 10.2 Å². The van der Waals surface area contributed by atoms with E-state index in [-0.39, 0.29) is 23.7 Å². The lowest BCUT2D eigenvalue weighted by molar-refractivity contribution is -0.135. The Morgan fingerprint density at radius 2 is 1.77 bits per heavy atom. The first-order valence-electron chi connectivity index (χ1n) is 8.65. The lowest BCUT2D eigenvalue weighted by Crippen LogP contribution is -2.37. The summed E-state index contributed by atoms with van der Waals surface area (Å²) in [5, 5.41) is 3.50. The summed E-state index contributed by atoms with van der Waals surface area (Å²) in [6.07, 6.45) is 1.45. The fraction of sp³-hybridized carbons (Fsp3) is 0.300. The van der Waals surface area contributed by atoms with Crippen molar-refractivity contribution in [2.24, 2.45) is 11.8 Å². The van der Waals surface area contributed by atoms with Gasteiger partial charge in [-0.2, -0.15) is 0 Å². The van der Waals surface area contributed by atoms with E-state index < -0.39 is 0 Å². The predicted molar refractivity (Wildman–Crippen MR) is 102 cm³/mol. The summed E-state index contributed by atoms with van der Waals surface area (Å²) >= 11 is 12.1. The van der Waals surface area contributed by atoms with Crippen molar-refractivity contribution in [2.75, 3.05) is 11.9 Å². The topological polar surface area (TPSA) is 49.4 Å². The van der Waals surface area contributed by atoms with Gasteiger partial charge in [-0.25, -0.2) is 0 Å². The number of halogens is 2. The fourth-order valence-electron chi connectivity index (χ4n) is 3.50. The maximum atomic E-state index is 12.8. The van der Waals surface area contributed by atoms with E-state index >= 15 is 0 Å². The second-order valence-corrected chi connectivity index (χ2v) is 7.60. The zero-order chi connectivity index (χ0) is 18.3. The van der Waals surface area contributed by atoms with Crippen LogP contribution in [-0.4, -0.2) is 23.3 Å². The first-order chi connectivity index (χ1) is 12.5. The number of benzene rings is 2. The van der Waals surface area contributed by atoms with E-state index in [4.69, 9.17) is 23.2 Å². The molecule has 1 aliphatic carbocycles. The van der Waals surface area contributed by atoms with Crippen LogP contribution in [0.5, 0.6) is 0 Å². The van der Waals surface area contributed by atoms with Crippen LogP contribution in [0.15, 0.2) is 42.5 Å². The number of hydrogen-bond donors (Lipinski definition) is 1. The molecule has 2 unspecified atom stereocenters. The molecule has 1 aliphatic heterocycles. The smallest absolute Gasteiger partial charge is 0.228 e. The SMILES string of the molecule is O=C(Nc1cccc(Cl)c1Cl)C1CC1C(=O)N1CCc2ccccc2C1. The van der Waals surface area contributed by atoms with Crippen LogP contribution in [0.3, 0.4) is 0 Å². The maximum Gasteiger partial charge on any atom is 0.228 e. The highest BCUT2D eigenvalue weighted by Gasteiger charge is 2.49. The van der Waals surface area contributed by atoms with Crippen molar-refractivity contribution in [1.29, 1.82) is 0 Å². The van der Waals surface area contributed by atoms with E-state index in [9.17, 15) is 9.59 Å².